The van der Waals surface area contributed by atoms with Gasteiger partial charge >= 0.3 is 0 Å². The van der Waals surface area contributed by atoms with Crippen LogP contribution in [0.15, 0.2) is 36.9 Å². The van der Waals surface area contributed by atoms with Crippen LogP contribution in [-0.2, 0) is 4.79 Å². The topological polar surface area (TPSA) is 111 Å². The summed E-state index contributed by atoms with van der Waals surface area (Å²) < 4.78 is 34.8. The lowest BCUT2D eigenvalue weighted by atomic mass is 9.81. The minimum absolute atomic E-state index is 0.0159. The van der Waals surface area contributed by atoms with Crippen LogP contribution < -0.4 is 15.4 Å². The highest BCUT2D eigenvalue weighted by molar-refractivity contribution is 5.94. The zero-order valence-electron chi connectivity index (χ0n) is 22.2. The highest BCUT2D eigenvalue weighted by atomic mass is 19.3. The number of rotatable bonds is 10. The highest BCUT2D eigenvalue weighted by Gasteiger charge is 2.39. The minimum atomic E-state index is -2.70. The second-order valence-corrected chi connectivity index (χ2v) is 10.6. The summed E-state index contributed by atoms with van der Waals surface area (Å²) in [7, 11) is 1.49. The van der Waals surface area contributed by atoms with Gasteiger partial charge in [-0.05, 0) is 61.6 Å². The molecule has 3 aromatic heterocycles. The van der Waals surface area contributed by atoms with Gasteiger partial charge in [0.25, 0.3) is 5.91 Å². The molecule has 0 unspecified atom stereocenters. The SMILES string of the molecule is CCCC(=O)N[C@@H](c1cnn2cc([C@@H](NC(=O)c3cncc(OC)c3)C3CCC(F)(F)CC3)nc2c1)C1CC1. The zero-order valence-corrected chi connectivity index (χ0v) is 22.2. The maximum Gasteiger partial charge on any atom is 0.253 e. The molecular formula is C28H34F2N6O3. The lowest BCUT2D eigenvalue weighted by molar-refractivity contribution is -0.122. The minimum Gasteiger partial charge on any atom is -0.495 e. The van der Waals surface area contributed by atoms with Crippen LogP contribution in [0.2, 0.25) is 0 Å². The molecule has 0 spiro atoms. The summed E-state index contributed by atoms with van der Waals surface area (Å²) in [5.41, 5.74) is 2.31. The standard InChI is InChI=1S/C28H34F2N6O3/c1-3-4-24(37)34-25(17-5-6-17)19-12-23-33-22(16-36(23)32-14-19)26(18-7-9-28(29,30)10-8-18)35-27(38)20-11-21(39-2)15-31-13-20/h11-18,25-26H,3-10H2,1-2H3,(H,34,37)(H,35,38)/t25-,26+/m1/s1. The van der Waals surface area contributed by atoms with Crippen LogP contribution in [0.4, 0.5) is 8.78 Å². The number of nitrogens with one attached hydrogen (secondary N) is 2. The lowest BCUT2D eigenvalue weighted by Crippen LogP contribution is -2.37. The quantitative estimate of drug-likeness (QED) is 0.382. The Bertz CT molecular complexity index is 1330. The van der Waals surface area contributed by atoms with E-state index in [2.05, 4.69) is 20.7 Å². The molecule has 11 heteroatoms. The van der Waals surface area contributed by atoms with E-state index in [9.17, 15) is 18.4 Å². The maximum absolute atomic E-state index is 14.0. The van der Waals surface area contributed by atoms with Gasteiger partial charge in [-0.15, -0.1) is 0 Å². The average molecular weight is 541 g/mol. The third-order valence-electron chi connectivity index (χ3n) is 7.66. The average Bonchev–Trinajstić information content (AvgIpc) is 3.68. The number of halogens is 2. The Morgan fingerprint density at radius 2 is 1.82 bits per heavy atom. The molecule has 0 aliphatic heterocycles. The summed E-state index contributed by atoms with van der Waals surface area (Å²) in [6, 6.07) is 2.77. The summed E-state index contributed by atoms with van der Waals surface area (Å²) in [6.45, 7) is 1.97. The molecule has 5 rings (SSSR count). The van der Waals surface area contributed by atoms with Gasteiger partial charge in [-0.1, -0.05) is 6.92 Å². The monoisotopic (exact) mass is 540 g/mol. The van der Waals surface area contributed by atoms with E-state index in [-0.39, 0.29) is 49.5 Å². The molecule has 0 aromatic carbocycles. The van der Waals surface area contributed by atoms with Crippen LogP contribution in [0.3, 0.4) is 0 Å². The van der Waals surface area contributed by atoms with E-state index in [1.54, 1.807) is 23.0 Å². The Morgan fingerprint density at radius 1 is 1.08 bits per heavy atom. The van der Waals surface area contributed by atoms with Gasteiger partial charge in [0.15, 0.2) is 5.65 Å². The van der Waals surface area contributed by atoms with Crippen LogP contribution in [0.1, 0.15) is 92.0 Å². The first-order valence-corrected chi connectivity index (χ1v) is 13.6. The van der Waals surface area contributed by atoms with Crippen LogP contribution in [0, 0.1) is 11.8 Å². The summed E-state index contributed by atoms with van der Waals surface area (Å²) in [6.07, 6.45) is 9.79. The van der Waals surface area contributed by atoms with Gasteiger partial charge in [-0.3, -0.25) is 14.6 Å². The Hall–Kier alpha value is -3.63. The molecule has 2 aliphatic carbocycles. The third-order valence-corrected chi connectivity index (χ3v) is 7.66. The molecule has 2 N–H and O–H groups in total. The van der Waals surface area contributed by atoms with Crippen molar-refractivity contribution in [1.82, 2.24) is 30.2 Å². The van der Waals surface area contributed by atoms with Gasteiger partial charge in [0.1, 0.15) is 5.75 Å². The molecule has 208 valence electrons. The number of nitrogens with zero attached hydrogens (tertiary/aromatic N) is 4. The number of carbonyl (C=O) groups excluding carboxylic acids is 2. The Kier molecular flexibility index (Phi) is 7.76. The summed E-state index contributed by atoms with van der Waals surface area (Å²) in [5.74, 6) is -2.47. The first kappa shape index (κ1) is 27.0. The number of hydrogen-bond donors (Lipinski definition) is 2. The fourth-order valence-corrected chi connectivity index (χ4v) is 5.31. The summed E-state index contributed by atoms with van der Waals surface area (Å²) in [4.78, 5) is 34.4. The molecule has 0 bridgehead atoms. The van der Waals surface area contributed by atoms with Gasteiger partial charge in [0.05, 0.1) is 49.0 Å². The van der Waals surface area contributed by atoms with Crippen molar-refractivity contribution in [1.29, 1.82) is 0 Å². The van der Waals surface area contributed by atoms with Crippen LogP contribution in [0.25, 0.3) is 5.65 Å². The molecule has 39 heavy (non-hydrogen) atoms. The number of carbonyl (C=O) groups is 2. The first-order chi connectivity index (χ1) is 18.8. The van der Waals surface area contributed by atoms with Crippen molar-refractivity contribution >= 4 is 17.5 Å². The predicted molar refractivity (Wildman–Crippen MR) is 139 cm³/mol. The number of pyridine rings is 1. The van der Waals surface area contributed by atoms with E-state index in [0.29, 0.717) is 35.0 Å². The second kappa shape index (κ2) is 11.2. The number of fused-ring (bicyclic) bond motifs is 1. The number of alkyl halides is 2. The Morgan fingerprint density at radius 3 is 2.51 bits per heavy atom. The Labute approximate surface area is 225 Å². The second-order valence-electron chi connectivity index (χ2n) is 10.6. The van der Waals surface area contributed by atoms with Crippen molar-refractivity contribution in [3.05, 3.63) is 53.7 Å². The van der Waals surface area contributed by atoms with E-state index < -0.39 is 12.0 Å². The van der Waals surface area contributed by atoms with Crippen molar-refractivity contribution < 1.29 is 23.1 Å². The van der Waals surface area contributed by atoms with Crippen molar-refractivity contribution in [2.45, 2.75) is 76.3 Å². The van der Waals surface area contributed by atoms with Gasteiger partial charge in [0.2, 0.25) is 11.8 Å². The number of hydrogen-bond acceptors (Lipinski definition) is 6. The molecule has 2 saturated carbocycles. The van der Waals surface area contributed by atoms with E-state index in [1.807, 2.05) is 13.0 Å². The molecule has 2 aliphatic rings. The number of amides is 2. The first-order valence-electron chi connectivity index (χ1n) is 13.6. The van der Waals surface area contributed by atoms with E-state index in [1.165, 1.54) is 19.5 Å². The van der Waals surface area contributed by atoms with Crippen LogP contribution in [-0.4, -0.2) is 44.4 Å². The highest BCUT2D eigenvalue weighted by Crippen LogP contribution is 2.42. The van der Waals surface area contributed by atoms with Crippen LogP contribution in [0.5, 0.6) is 5.75 Å². The number of methoxy groups -OCH3 is 1. The predicted octanol–water partition coefficient (Wildman–Crippen LogP) is 4.80. The van der Waals surface area contributed by atoms with Crippen LogP contribution >= 0.6 is 0 Å². The van der Waals surface area contributed by atoms with Gasteiger partial charge < -0.3 is 15.4 Å². The Balaban J connectivity index is 1.43. The molecule has 0 radical (unpaired) electrons. The van der Waals surface area contributed by atoms with Gasteiger partial charge in [-0.2, -0.15) is 5.10 Å². The van der Waals surface area contributed by atoms with E-state index in [0.717, 1.165) is 24.8 Å². The molecule has 3 heterocycles. The molecule has 2 atom stereocenters. The molecule has 3 aromatic rings. The molecular weight excluding hydrogens is 506 g/mol. The lowest BCUT2D eigenvalue weighted by Gasteiger charge is -2.33. The third kappa shape index (κ3) is 6.34. The van der Waals surface area contributed by atoms with E-state index >= 15 is 0 Å². The normalized spacial score (nSPS) is 18.9. The van der Waals surface area contributed by atoms with Crippen molar-refractivity contribution in [3.8, 4) is 5.75 Å². The summed E-state index contributed by atoms with van der Waals surface area (Å²) >= 11 is 0. The maximum atomic E-state index is 14.0. The summed E-state index contributed by atoms with van der Waals surface area (Å²) in [5, 5.41) is 10.7. The van der Waals surface area contributed by atoms with Crippen molar-refractivity contribution in [2.24, 2.45) is 11.8 Å². The molecule has 2 fully saturated rings. The molecule has 0 saturated heterocycles. The van der Waals surface area contributed by atoms with Crippen molar-refractivity contribution in [3.63, 3.8) is 0 Å². The number of aromatic nitrogens is 4. The van der Waals surface area contributed by atoms with Gasteiger partial charge in [0, 0.05) is 25.5 Å². The fraction of sp³-hybridized carbons (Fsp3) is 0.536. The van der Waals surface area contributed by atoms with Gasteiger partial charge in [-0.25, -0.2) is 18.3 Å². The smallest absolute Gasteiger partial charge is 0.253 e. The fourth-order valence-electron chi connectivity index (χ4n) is 5.31. The largest absolute Gasteiger partial charge is 0.495 e. The van der Waals surface area contributed by atoms with E-state index in [4.69, 9.17) is 9.72 Å². The molecule has 9 nitrogen and oxygen atoms in total. The molecule has 2 amide bonds. The van der Waals surface area contributed by atoms with Crippen molar-refractivity contribution in [2.75, 3.05) is 7.11 Å². The zero-order chi connectivity index (χ0) is 27.6. The number of imidazole rings is 1. The number of ether oxygens (including phenoxy) is 1.